The Kier molecular flexibility index (Phi) is 3.39. The smallest absolute Gasteiger partial charge is 0.226 e. The topological polar surface area (TPSA) is 53.3 Å². The third-order valence-electron chi connectivity index (χ3n) is 4.08. The zero-order valence-corrected chi connectivity index (χ0v) is 10.6. The van der Waals surface area contributed by atoms with Gasteiger partial charge in [-0.15, -0.1) is 0 Å². The van der Waals surface area contributed by atoms with E-state index in [1.807, 2.05) is 4.90 Å². The molecule has 0 bridgehead atoms. The Balaban J connectivity index is 2.02. The summed E-state index contributed by atoms with van der Waals surface area (Å²) < 4.78 is 5.27. The third-order valence-corrected chi connectivity index (χ3v) is 4.08. The molecule has 0 aromatic rings. The summed E-state index contributed by atoms with van der Waals surface area (Å²) in [5, 5.41) is 8.85. The normalized spacial score (nSPS) is 32.2. The van der Waals surface area contributed by atoms with Crippen molar-refractivity contribution in [2.45, 2.75) is 39.2 Å². The summed E-state index contributed by atoms with van der Waals surface area (Å²) in [7, 11) is 0. The third kappa shape index (κ3) is 2.44. The molecule has 1 aliphatic heterocycles. The number of nitriles is 1. The number of ether oxygens (including phenoxy) is 1. The second-order valence-electron chi connectivity index (χ2n) is 5.71. The lowest BCUT2D eigenvalue weighted by atomic mass is 9.81. The molecule has 2 atom stereocenters. The van der Waals surface area contributed by atoms with Crippen molar-refractivity contribution in [3.63, 3.8) is 0 Å². The minimum atomic E-state index is -0.447. The molecule has 1 saturated carbocycles. The molecule has 0 aromatic heterocycles. The van der Waals surface area contributed by atoms with Crippen molar-refractivity contribution in [3.8, 4) is 6.07 Å². The fraction of sp³-hybridized carbons (Fsp3) is 0.846. The van der Waals surface area contributed by atoms with Gasteiger partial charge in [0.1, 0.15) is 0 Å². The average Bonchev–Trinajstić information content (AvgIpc) is 2.68. The van der Waals surface area contributed by atoms with E-state index in [2.05, 4.69) is 19.9 Å². The molecule has 0 radical (unpaired) electrons. The summed E-state index contributed by atoms with van der Waals surface area (Å²) >= 11 is 0. The number of amides is 1. The molecule has 2 rings (SSSR count). The van der Waals surface area contributed by atoms with Gasteiger partial charge in [0.05, 0.1) is 19.2 Å². The van der Waals surface area contributed by atoms with Gasteiger partial charge in [0, 0.05) is 12.5 Å². The molecule has 2 aliphatic rings. The van der Waals surface area contributed by atoms with Gasteiger partial charge in [0.2, 0.25) is 5.91 Å². The zero-order valence-electron chi connectivity index (χ0n) is 10.6. The SMILES string of the molecule is CC1(C)CCCC1C(=O)N1CCOC(C#N)C1. The quantitative estimate of drug-likeness (QED) is 0.694. The summed E-state index contributed by atoms with van der Waals surface area (Å²) in [6.07, 6.45) is 2.79. The summed E-state index contributed by atoms with van der Waals surface area (Å²) in [6, 6.07) is 2.08. The van der Waals surface area contributed by atoms with Crippen LogP contribution in [0.1, 0.15) is 33.1 Å². The molecular weight excluding hydrogens is 216 g/mol. The van der Waals surface area contributed by atoms with Crippen molar-refractivity contribution in [2.24, 2.45) is 11.3 Å². The Bertz CT molecular complexity index is 346. The van der Waals surface area contributed by atoms with Gasteiger partial charge in [-0.3, -0.25) is 4.79 Å². The lowest BCUT2D eigenvalue weighted by Gasteiger charge is -2.35. The molecule has 4 nitrogen and oxygen atoms in total. The molecule has 17 heavy (non-hydrogen) atoms. The molecule has 2 unspecified atom stereocenters. The summed E-state index contributed by atoms with van der Waals surface area (Å²) in [5.41, 5.74) is 0.109. The van der Waals surface area contributed by atoms with E-state index in [4.69, 9.17) is 10.00 Å². The fourth-order valence-electron chi connectivity index (χ4n) is 2.93. The number of nitrogens with zero attached hydrogens (tertiary/aromatic N) is 2. The van der Waals surface area contributed by atoms with Crippen molar-refractivity contribution < 1.29 is 9.53 Å². The highest BCUT2D eigenvalue weighted by Crippen LogP contribution is 2.43. The van der Waals surface area contributed by atoms with Gasteiger partial charge >= 0.3 is 0 Å². The van der Waals surface area contributed by atoms with Crippen molar-refractivity contribution in [1.82, 2.24) is 4.90 Å². The van der Waals surface area contributed by atoms with E-state index in [1.54, 1.807) is 0 Å². The molecule has 1 heterocycles. The monoisotopic (exact) mass is 236 g/mol. The van der Waals surface area contributed by atoms with Crippen LogP contribution in [0.25, 0.3) is 0 Å². The van der Waals surface area contributed by atoms with Gasteiger partial charge < -0.3 is 9.64 Å². The number of rotatable bonds is 1. The molecule has 2 fully saturated rings. The van der Waals surface area contributed by atoms with E-state index < -0.39 is 6.10 Å². The maximum atomic E-state index is 12.4. The van der Waals surface area contributed by atoms with Gasteiger partial charge in [-0.1, -0.05) is 20.3 Å². The lowest BCUT2D eigenvalue weighted by molar-refractivity contribution is -0.144. The van der Waals surface area contributed by atoms with Crippen LogP contribution in [0.4, 0.5) is 0 Å². The number of hydrogen-bond donors (Lipinski definition) is 0. The van der Waals surface area contributed by atoms with Crippen molar-refractivity contribution >= 4 is 5.91 Å². The molecule has 1 aliphatic carbocycles. The van der Waals surface area contributed by atoms with Crippen LogP contribution in [0.15, 0.2) is 0 Å². The van der Waals surface area contributed by atoms with Crippen LogP contribution >= 0.6 is 0 Å². The maximum absolute atomic E-state index is 12.4. The molecule has 0 N–H and O–H groups in total. The van der Waals surface area contributed by atoms with Crippen LogP contribution in [-0.4, -0.2) is 36.6 Å². The Morgan fingerprint density at radius 2 is 2.29 bits per heavy atom. The van der Waals surface area contributed by atoms with Crippen LogP contribution in [0.3, 0.4) is 0 Å². The van der Waals surface area contributed by atoms with Gasteiger partial charge in [-0.2, -0.15) is 5.26 Å². The van der Waals surface area contributed by atoms with Crippen LogP contribution < -0.4 is 0 Å². The minimum absolute atomic E-state index is 0.109. The number of morpholine rings is 1. The second kappa shape index (κ2) is 4.66. The molecule has 1 amide bonds. The predicted octanol–water partition coefficient (Wildman–Crippen LogP) is 1.56. The molecule has 0 spiro atoms. The Labute approximate surface area is 103 Å². The lowest BCUT2D eigenvalue weighted by Crippen LogP contribution is -2.48. The first-order valence-corrected chi connectivity index (χ1v) is 6.34. The molecule has 1 saturated heterocycles. The highest BCUT2D eigenvalue weighted by atomic mass is 16.5. The molecule has 4 heteroatoms. The molecular formula is C13H20N2O2. The van der Waals surface area contributed by atoms with Crippen molar-refractivity contribution in [3.05, 3.63) is 0 Å². The van der Waals surface area contributed by atoms with E-state index in [9.17, 15) is 4.79 Å². The first kappa shape index (κ1) is 12.4. The standard InChI is InChI=1S/C13H20N2O2/c1-13(2)5-3-4-11(13)12(16)15-6-7-17-10(8-14)9-15/h10-11H,3-7,9H2,1-2H3. The van der Waals surface area contributed by atoms with Crippen LogP contribution in [0.5, 0.6) is 0 Å². The van der Waals surface area contributed by atoms with E-state index in [1.165, 1.54) is 0 Å². The number of carbonyl (C=O) groups is 1. The number of hydrogen-bond acceptors (Lipinski definition) is 3. The van der Waals surface area contributed by atoms with Gasteiger partial charge in [0.25, 0.3) is 0 Å². The first-order valence-electron chi connectivity index (χ1n) is 6.34. The maximum Gasteiger partial charge on any atom is 0.226 e. The van der Waals surface area contributed by atoms with Crippen LogP contribution in [0.2, 0.25) is 0 Å². The fourth-order valence-corrected chi connectivity index (χ4v) is 2.93. The van der Waals surface area contributed by atoms with E-state index in [-0.39, 0.29) is 17.2 Å². The Hall–Kier alpha value is -1.08. The predicted molar refractivity (Wildman–Crippen MR) is 63.1 cm³/mol. The summed E-state index contributed by atoms with van der Waals surface area (Å²) in [4.78, 5) is 14.3. The van der Waals surface area contributed by atoms with Gasteiger partial charge in [-0.05, 0) is 18.3 Å². The Morgan fingerprint density at radius 3 is 2.88 bits per heavy atom. The van der Waals surface area contributed by atoms with E-state index >= 15 is 0 Å². The van der Waals surface area contributed by atoms with Crippen LogP contribution in [0, 0.1) is 22.7 Å². The minimum Gasteiger partial charge on any atom is -0.360 e. The van der Waals surface area contributed by atoms with Crippen LogP contribution in [-0.2, 0) is 9.53 Å². The largest absolute Gasteiger partial charge is 0.360 e. The number of carbonyl (C=O) groups excluding carboxylic acids is 1. The second-order valence-corrected chi connectivity index (χ2v) is 5.71. The summed E-state index contributed by atoms with van der Waals surface area (Å²) in [5.74, 6) is 0.344. The molecule has 94 valence electrons. The van der Waals surface area contributed by atoms with Crippen molar-refractivity contribution in [1.29, 1.82) is 5.26 Å². The van der Waals surface area contributed by atoms with Gasteiger partial charge in [0.15, 0.2) is 6.10 Å². The van der Waals surface area contributed by atoms with E-state index in [0.29, 0.717) is 19.7 Å². The highest BCUT2D eigenvalue weighted by molar-refractivity contribution is 5.80. The van der Waals surface area contributed by atoms with Crippen molar-refractivity contribution in [2.75, 3.05) is 19.7 Å². The average molecular weight is 236 g/mol. The summed E-state index contributed by atoms with van der Waals surface area (Å²) in [6.45, 7) is 5.89. The molecule has 0 aromatic carbocycles. The zero-order chi connectivity index (χ0) is 12.5. The van der Waals surface area contributed by atoms with Gasteiger partial charge in [-0.25, -0.2) is 0 Å². The Morgan fingerprint density at radius 1 is 1.53 bits per heavy atom. The first-order chi connectivity index (χ1) is 8.04. The van der Waals surface area contributed by atoms with E-state index in [0.717, 1.165) is 19.3 Å². The highest BCUT2D eigenvalue weighted by Gasteiger charge is 2.42.